The van der Waals surface area contributed by atoms with Crippen LogP contribution in [0.5, 0.6) is 0 Å². The Morgan fingerprint density at radius 1 is 1.10 bits per heavy atom. The number of carboxylic acid groups (broad SMARTS) is 1. The van der Waals surface area contributed by atoms with Crippen molar-refractivity contribution in [3.05, 3.63) is 54.6 Å². The maximum atomic E-state index is 13.3. The Hall–Kier alpha value is -2.96. The van der Waals surface area contributed by atoms with Crippen molar-refractivity contribution in [2.75, 3.05) is 0 Å². The number of hydrogen-bond acceptors (Lipinski definition) is 4. The standard InChI is InChI=1S/C21H24N3O5P/c1-14(2)12-17(20(26)27)22-19(25)13-24-18-11-7-6-10-16(18)23-21(24)30(28,29)15-8-4-3-5-9-15/h3-11,14,17H,12-13H2,1-2H3,(H,22,25)(H,26,27)(H,28,29). The number of nitrogens with zero attached hydrogens (tertiary/aromatic N) is 2. The number of carbonyl (C=O) groups is 2. The molecule has 0 saturated carbocycles. The summed E-state index contributed by atoms with van der Waals surface area (Å²) in [6.45, 7) is 3.41. The molecule has 2 aromatic carbocycles. The van der Waals surface area contributed by atoms with E-state index in [1.807, 2.05) is 13.8 Å². The maximum Gasteiger partial charge on any atom is 0.326 e. The zero-order valence-corrected chi connectivity index (χ0v) is 17.6. The predicted octanol–water partition coefficient (Wildman–Crippen LogP) is 1.87. The summed E-state index contributed by atoms with van der Waals surface area (Å²) in [4.78, 5) is 39.4. The first-order valence-corrected chi connectivity index (χ1v) is 11.2. The first-order chi connectivity index (χ1) is 14.2. The summed E-state index contributed by atoms with van der Waals surface area (Å²) >= 11 is 0. The summed E-state index contributed by atoms with van der Waals surface area (Å²) in [7, 11) is -4.08. The van der Waals surface area contributed by atoms with E-state index in [-0.39, 0.29) is 29.8 Å². The van der Waals surface area contributed by atoms with Crippen LogP contribution in [0.2, 0.25) is 0 Å². The topological polar surface area (TPSA) is 122 Å². The van der Waals surface area contributed by atoms with Crippen molar-refractivity contribution in [3.63, 3.8) is 0 Å². The molecular weight excluding hydrogens is 405 g/mol. The first-order valence-electron chi connectivity index (χ1n) is 9.56. The molecule has 0 radical (unpaired) electrons. The Labute approximate surface area is 174 Å². The van der Waals surface area contributed by atoms with Gasteiger partial charge in [0.05, 0.1) is 11.0 Å². The van der Waals surface area contributed by atoms with E-state index in [0.29, 0.717) is 11.0 Å². The molecule has 0 bridgehead atoms. The van der Waals surface area contributed by atoms with Gasteiger partial charge in [-0.05, 0) is 36.6 Å². The van der Waals surface area contributed by atoms with E-state index in [9.17, 15) is 24.2 Å². The second-order valence-corrected chi connectivity index (χ2v) is 9.55. The van der Waals surface area contributed by atoms with Crippen LogP contribution in [0.1, 0.15) is 20.3 Å². The minimum atomic E-state index is -4.08. The van der Waals surface area contributed by atoms with Gasteiger partial charge < -0.3 is 19.9 Å². The van der Waals surface area contributed by atoms with Crippen LogP contribution in [0.4, 0.5) is 0 Å². The van der Waals surface area contributed by atoms with Crippen LogP contribution in [0.3, 0.4) is 0 Å². The van der Waals surface area contributed by atoms with Gasteiger partial charge in [-0.15, -0.1) is 0 Å². The second kappa shape index (κ2) is 8.81. The lowest BCUT2D eigenvalue weighted by Gasteiger charge is -2.18. The molecule has 0 saturated heterocycles. The van der Waals surface area contributed by atoms with Gasteiger partial charge in [-0.1, -0.05) is 44.2 Å². The summed E-state index contributed by atoms with van der Waals surface area (Å²) < 4.78 is 14.7. The molecule has 30 heavy (non-hydrogen) atoms. The van der Waals surface area contributed by atoms with E-state index >= 15 is 0 Å². The number of amides is 1. The van der Waals surface area contributed by atoms with Gasteiger partial charge >= 0.3 is 5.97 Å². The molecule has 1 heterocycles. The van der Waals surface area contributed by atoms with E-state index in [0.717, 1.165) is 0 Å². The summed E-state index contributed by atoms with van der Waals surface area (Å²) in [6.07, 6.45) is 0.279. The minimum absolute atomic E-state index is 0.0757. The smallest absolute Gasteiger partial charge is 0.326 e. The van der Waals surface area contributed by atoms with Crippen LogP contribution in [0, 0.1) is 5.92 Å². The number of para-hydroxylation sites is 2. The second-order valence-electron chi connectivity index (χ2n) is 7.49. The Bertz CT molecular complexity index is 1110. The summed E-state index contributed by atoms with van der Waals surface area (Å²) in [5, 5.41) is 12.1. The molecule has 3 N–H and O–H groups in total. The quantitative estimate of drug-likeness (QED) is 0.470. The third kappa shape index (κ3) is 4.61. The fraction of sp³-hybridized carbons (Fsp3) is 0.286. The van der Waals surface area contributed by atoms with E-state index < -0.39 is 25.3 Å². The fourth-order valence-corrected chi connectivity index (χ4v) is 4.83. The Balaban J connectivity index is 1.99. The van der Waals surface area contributed by atoms with Crippen molar-refractivity contribution < 1.29 is 24.2 Å². The number of carbonyl (C=O) groups excluding carboxylic acids is 1. The van der Waals surface area contributed by atoms with Gasteiger partial charge in [0.25, 0.3) is 7.37 Å². The Morgan fingerprint density at radius 2 is 1.73 bits per heavy atom. The van der Waals surface area contributed by atoms with Gasteiger partial charge in [0.1, 0.15) is 12.6 Å². The van der Waals surface area contributed by atoms with E-state index in [1.54, 1.807) is 42.5 Å². The average Bonchev–Trinajstić information content (AvgIpc) is 3.07. The molecule has 0 spiro atoms. The molecule has 0 aliphatic carbocycles. The van der Waals surface area contributed by atoms with Gasteiger partial charge in [0, 0.05) is 5.30 Å². The summed E-state index contributed by atoms with van der Waals surface area (Å²) in [5.74, 6) is -1.61. The number of nitrogens with one attached hydrogen (secondary N) is 1. The van der Waals surface area contributed by atoms with Crippen molar-refractivity contribution in [3.8, 4) is 0 Å². The highest BCUT2D eigenvalue weighted by atomic mass is 31.2. The maximum absolute atomic E-state index is 13.3. The van der Waals surface area contributed by atoms with Crippen LogP contribution >= 0.6 is 7.37 Å². The van der Waals surface area contributed by atoms with Gasteiger partial charge in [-0.2, -0.15) is 0 Å². The highest BCUT2D eigenvalue weighted by molar-refractivity contribution is 7.73. The number of aromatic nitrogens is 2. The van der Waals surface area contributed by atoms with E-state index in [2.05, 4.69) is 10.3 Å². The lowest BCUT2D eigenvalue weighted by molar-refractivity contribution is -0.142. The molecule has 1 aromatic heterocycles. The Morgan fingerprint density at radius 3 is 2.37 bits per heavy atom. The number of imidazole rings is 1. The average molecular weight is 429 g/mol. The summed E-state index contributed by atoms with van der Waals surface area (Å²) in [5.41, 5.74) is 0.867. The molecule has 9 heteroatoms. The van der Waals surface area contributed by atoms with Crippen molar-refractivity contribution in [2.45, 2.75) is 32.9 Å². The molecular formula is C21H24N3O5P. The number of rotatable bonds is 8. The highest BCUT2D eigenvalue weighted by Crippen LogP contribution is 2.38. The monoisotopic (exact) mass is 429 g/mol. The van der Waals surface area contributed by atoms with Crippen molar-refractivity contribution in [2.24, 2.45) is 5.92 Å². The largest absolute Gasteiger partial charge is 0.480 e. The minimum Gasteiger partial charge on any atom is -0.480 e. The van der Waals surface area contributed by atoms with E-state index in [1.165, 1.54) is 16.7 Å². The molecule has 3 rings (SSSR count). The molecule has 1 amide bonds. The molecule has 0 aliphatic rings. The number of hydrogen-bond donors (Lipinski definition) is 3. The normalized spacial score (nSPS) is 14.4. The zero-order valence-electron chi connectivity index (χ0n) is 16.7. The van der Waals surface area contributed by atoms with Gasteiger partial charge in [0.15, 0.2) is 0 Å². The molecule has 8 nitrogen and oxygen atoms in total. The van der Waals surface area contributed by atoms with Crippen LogP contribution in [-0.4, -0.2) is 37.5 Å². The van der Waals surface area contributed by atoms with Crippen molar-refractivity contribution in [1.82, 2.24) is 14.9 Å². The first kappa shape index (κ1) is 21.7. The number of carboxylic acids is 1. The van der Waals surface area contributed by atoms with Crippen LogP contribution in [-0.2, 0) is 20.7 Å². The van der Waals surface area contributed by atoms with Gasteiger partial charge in [-0.25, -0.2) is 9.78 Å². The number of fused-ring (bicyclic) bond motifs is 1. The molecule has 0 aliphatic heterocycles. The lowest BCUT2D eigenvalue weighted by atomic mass is 10.0. The Kier molecular flexibility index (Phi) is 6.39. The summed E-state index contributed by atoms with van der Waals surface area (Å²) in [6, 6.07) is 14.0. The molecule has 3 aromatic rings. The van der Waals surface area contributed by atoms with Crippen LogP contribution in [0.25, 0.3) is 11.0 Å². The number of aliphatic carboxylic acids is 1. The zero-order chi connectivity index (χ0) is 21.9. The lowest BCUT2D eigenvalue weighted by Crippen LogP contribution is -2.44. The van der Waals surface area contributed by atoms with E-state index in [4.69, 9.17) is 0 Å². The third-order valence-electron chi connectivity index (χ3n) is 4.65. The van der Waals surface area contributed by atoms with Crippen LogP contribution < -0.4 is 16.2 Å². The highest BCUT2D eigenvalue weighted by Gasteiger charge is 2.32. The van der Waals surface area contributed by atoms with Crippen LogP contribution in [0.15, 0.2) is 54.6 Å². The molecule has 158 valence electrons. The van der Waals surface area contributed by atoms with Gasteiger partial charge in [0.2, 0.25) is 11.5 Å². The third-order valence-corrected chi connectivity index (χ3v) is 6.54. The van der Waals surface area contributed by atoms with Crippen molar-refractivity contribution in [1.29, 1.82) is 0 Å². The SMILES string of the molecule is CC(C)CC(NC(=O)Cn1c(P(=O)(O)c2ccccc2)nc2ccccc21)C(=O)O. The molecule has 2 unspecified atom stereocenters. The molecule has 0 fully saturated rings. The molecule has 2 atom stereocenters. The predicted molar refractivity (Wildman–Crippen MR) is 114 cm³/mol. The number of benzene rings is 2. The van der Waals surface area contributed by atoms with Crippen molar-refractivity contribution >= 4 is 41.1 Å². The fourth-order valence-electron chi connectivity index (χ4n) is 3.27. The van der Waals surface area contributed by atoms with Gasteiger partial charge in [-0.3, -0.25) is 9.36 Å².